The van der Waals surface area contributed by atoms with Gasteiger partial charge in [-0.1, -0.05) is 204 Å². The van der Waals surface area contributed by atoms with Crippen molar-refractivity contribution in [2.75, 3.05) is 53.5 Å². The number of aromatic amines is 2. The zero-order valence-corrected chi connectivity index (χ0v) is 73.2. The highest BCUT2D eigenvalue weighted by Gasteiger charge is 2.46. The number of imidazole rings is 2. The molecule has 8 aliphatic heterocycles. The number of likely N-dealkylation sites (tertiary alicyclic amines) is 4. The minimum Gasteiger partial charge on any atom is -0.453 e. The number of H-pyrrole nitrogens is 2. The third-order valence-corrected chi connectivity index (χ3v) is 26.8. The number of benzene rings is 9. The topological polar surface area (TPSA) is 282 Å². The van der Waals surface area contributed by atoms with Crippen LogP contribution in [0.5, 0.6) is 0 Å². The minimum absolute atomic E-state index is 0.0361. The van der Waals surface area contributed by atoms with Gasteiger partial charge in [-0.3, -0.25) is 34.1 Å². The van der Waals surface area contributed by atoms with Crippen LogP contribution in [0.1, 0.15) is 167 Å². The van der Waals surface area contributed by atoms with Gasteiger partial charge in [0.05, 0.1) is 62.2 Å². The highest BCUT2D eigenvalue weighted by Crippen LogP contribution is 2.42. The molecule has 4 fully saturated rings. The Morgan fingerprint density at radius 3 is 1.33 bits per heavy atom. The van der Waals surface area contributed by atoms with Crippen LogP contribution < -0.4 is 16.0 Å². The molecule has 7 amide bonds. The molecule has 0 radical (unpaired) electrons. The molecular formula is C104H108N14O10. The molecule has 0 unspecified atom stereocenters. The molecule has 0 aliphatic carbocycles. The molecule has 8 aliphatic rings. The average molecular weight is 1710 g/mol. The van der Waals surface area contributed by atoms with Gasteiger partial charge < -0.3 is 59.7 Å². The van der Waals surface area contributed by atoms with Gasteiger partial charge in [-0.2, -0.15) is 0 Å². The second-order valence-corrected chi connectivity index (χ2v) is 35.4. The molecule has 4 saturated heterocycles. The molecule has 19 rings (SSSR count). The van der Waals surface area contributed by atoms with Crippen LogP contribution >= 0.6 is 0 Å². The van der Waals surface area contributed by atoms with Crippen LogP contribution in [0.2, 0.25) is 0 Å². The van der Waals surface area contributed by atoms with Crippen LogP contribution in [0.4, 0.5) is 14.4 Å². The number of methoxy groups -OCH3 is 2. The first kappa shape index (κ1) is 85.2. The first-order valence-corrected chi connectivity index (χ1v) is 45.1. The predicted octanol–water partition coefficient (Wildman–Crippen LogP) is 18.1. The largest absolute Gasteiger partial charge is 0.453 e. The summed E-state index contributed by atoms with van der Waals surface area (Å²) >= 11 is 0. The average Bonchev–Trinajstić information content (AvgIpc) is 1.51. The second kappa shape index (κ2) is 37.5. The van der Waals surface area contributed by atoms with Crippen LogP contribution in [0.25, 0.3) is 77.5 Å². The number of allylic oxidation sites excluding steroid dienone is 2. The molecule has 0 spiro atoms. The summed E-state index contributed by atoms with van der Waals surface area (Å²) in [5.41, 5.74) is 20.1. The molecule has 654 valence electrons. The zero-order valence-electron chi connectivity index (χ0n) is 73.2. The van der Waals surface area contributed by atoms with E-state index in [1.807, 2.05) is 122 Å². The Hall–Kier alpha value is -13.6. The summed E-state index contributed by atoms with van der Waals surface area (Å²) in [6, 6.07) is 66.1. The number of carbonyl (C=O) groups is 7. The smallest absolute Gasteiger partial charge is 0.411 e. The summed E-state index contributed by atoms with van der Waals surface area (Å²) in [5, 5.41) is 13.4. The molecule has 0 saturated carbocycles. The van der Waals surface area contributed by atoms with Gasteiger partial charge in [-0.05, 0) is 194 Å². The summed E-state index contributed by atoms with van der Waals surface area (Å²) in [6.07, 6.45) is 15.8. The Balaban J connectivity index is 0.000000175. The molecule has 8 atom stereocenters. The highest BCUT2D eigenvalue weighted by molar-refractivity contribution is 6.06. The lowest BCUT2D eigenvalue weighted by Gasteiger charge is -2.39. The van der Waals surface area contributed by atoms with Crippen molar-refractivity contribution in [1.82, 2.24) is 60.4 Å². The van der Waals surface area contributed by atoms with Crippen LogP contribution in [0.15, 0.2) is 235 Å². The number of ether oxygens (including phenoxy) is 3. The van der Waals surface area contributed by atoms with E-state index in [0.717, 1.165) is 206 Å². The maximum absolute atomic E-state index is 14.7. The van der Waals surface area contributed by atoms with E-state index in [1.165, 1.54) is 25.4 Å². The number of alkyl carbamates (subject to hydrolysis) is 2. The van der Waals surface area contributed by atoms with E-state index >= 15 is 0 Å². The maximum atomic E-state index is 14.7. The summed E-state index contributed by atoms with van der Waals surface area (Å²) in [5.74, 6) is 1.09. The van der Waals surface area contributed by atoms with Gasteiger partial charge in [0.1, 0.15) is 42.4 Å². The van der Waals surface area contributed by atoms with E-state index in [0.29, 0.717) is 39.0 Å². The first-order valence-electron chi connectivity index (χ1n) is 45.1. The van der Waals surface area contributed by atoms with E-state index in [2.05, 4.69) is 176 Å². The Morgan fingerprint density at radius 1 is 0.430 bits per heavy atom. The number of hydrogen-bond acceptors (Lipinski definition) is 15. The van der Waals surface area contributed by atoms with E-state index in [4.69, 9.17) is 34.2 Å². The van der Waals surface area contributed by atoms with Crippen molar-refractivity contribution in [3.63, 3.8) is 0 Å². The molecule has 24 nitrogen and oxygen atoms in total. The number of carbonyl (C=O) groups excluding carboxylic acids is 7. The normalized spacial score (nSPS) is 20.0. The third kappa shape index (κ3) is 17.7. The van der Waals surface area contributed by atoms with Crippen LogP contribution in [0.3, 0.4) is 0 Å². The number of fused-ring (bicyclic) bond motifs is 4. The minimum atomic E-state index is -0.765. The molecule has 11 aromatic rings. The molecule has 9 aromatic carbocycles. The van der Waals surface area contributed by atoms with E-state index < -0.39 is 36.4 Å². The van der Waals surface area contributed by atoms with Crippen molar-refractivity contribution in [2.45, 2.75) is 160 Å². The van der Waals surface area contributed by atoms with E-state index in [-0.39, 0.29) is 72.3 Å². The zero-order chi connectivity index (χ0) is 88.2. The third-order valence-electron chi connectivity index (χ3n) is 26.8. The summed E-state index contributed by atoms with van der Waals surface area (Å²) in [7, 11) is 2.60. The molecule has 24 heteroatoms. The Morgan fingerprint density at radius 2 is 0.844 bits per heavy atom. The molecule has 2 aromatic heterocycles. The van der Waals surface area contributed by atoms with Crippen molar-refractivity contribution in [1.29, 1.82) is 0 Å². The number of rotatable bonds is 20. The van der Waals surface area contributed by atoms with Gasteiger partial charge >= 0.3 is 18.3 Å². The number of amides is 7. The van der Waals surface area contributed by atoms with Gasteiger partial charge in [-0.25, -0.2) is 24.4 Å². The van der Waals surface area contributed by atoms with E-state index in [1.54, 1.807) is 4.90 Å². The molecule has 0 bridgehead atoms. The fourth-order valence-electron chi connectivity index (χ4n) is 19.9. The number of aliphatic imine (C=N–C) groups is 2. The second-order valence-electron chi connectivity index (χ2n) is 35.4. The van der Waals surface area contributed by atoms with Crippen molar-refractivity contribution in [2.24, 2.45) is 21.8 Å². The quantitative estimate of drug-likeness (QED) is 0.0444. The van der Waals surface area contributed by atoms with Crippen molar-refractivity contribution < 1.29 is 47.8 Å². The number of nitrogens with one attached hydrogen (secondary N) is 5. The fraction of sp³-hybridized carbons (Fsp3) is 0.337. The van der Waals surface area contributed by atoms with Crippen molar-refractivity contribution in [3.05, 3.63) is 276 Å². The molecule has 10 heterocycles. The van der Waals surface area contributed by atoms with Gasteiger partial charge in [0.25, 0.3) is 5.91 Å². The molecular weight excluding hydrogens is 1610 g/mol. The summed E-state index contributed by atoms with van der Waals surface area (Å²) in [4.78, 5) is 129. The summed E-state index contributed by atoms with van der Waals surface area (Å²) < 4.78 is 15.4. The fourth-order valence-corrected chi connectivity index (χ4v) is 19.9. The molecule has 5 N–H and O–H groups in total. The monoisotopic (exact) mass is 1710 g/mol. The number of hydrogen-bond donors (Lipinski definition) is 5. The first-order chi connectivity index (χ1) is 62.4. The van der Waals surface area contributed by atoms with Gasteiger partial charge in [-0.15, -0.1) is 0 Å². The van der Waals surface area contributed by atoms with Crippen LogP contribution in [0, 0.1) is 11.8 Å². The Labute approximate surface area is 745 Å². The van der Waals surface area contributed by atoms with E-state index in [9.17, 15) is 33.6 Å². The Bertz CT molecular complexity index is 6170. The lowest BCUT2D eigenvalue weighted by Crippen LogP contribution is -2.51. The Kier molecular flexibility index (Phi) is 25.0. The SMILES string of the molecule is COC(=O)N[C@H](C(=O)N1CCC[C@H]1c1ncc(-c2ccc3cc(-c4ccc(C5=CN=C([C@@H]6CCCN6C(=O)[C@@H]6NCCc7ccccc76)C5)cc4)ccc3c2)[nH]1)C(C)C.COC(=O)N[C@H](C(=O)N1CCC[C@H]1c1ncc(-c2ccc3cc(-c4ccc(C5=CN=C([C@@H]6CCCN6C(=O)[C@H]6c7ccccc7CCN6C(=O)OCc6ccccc6)C5)cc4)ccc3c2)[nH]1)C(C)C. The van der Waals surface area contributed by atoms with Crippen LogP contribution in [-0.2, 0) is 52.8 Å². The van der Waals surface area contributed by atoms with Gasteiger partial charge in [0.2, 0.25) is 17.7 Å². The molecule has 128 heavy (non-hydrogen) atoms. The standard InChI is InChI=1S/C56H57N7O6.C48H51N7O4/c1-35(2)50(60-55(66)68-3)53(64)62-27-10-16-49(62)52-58-33-47(59-52)43-24-23-41-29-40(21-22-42(41)30-43)37-17-19-38(20-18-37)44-31-46(57-32-44)48-15-9-26-61(48)54(65)51-45-14-8-7-13-39(45)25-28-63(51)56(67)69-34-36-11-5-4-6-12-36;1-29(2)43(53-48(58)59-3)46(56)55-23-7-11-42(55)45-51-28-40(52-45)36-19-18-34-24-33(16-17-35(34)25-36)30-12-14-31(15-13-30)37-26-39(50-27-37)41-10-6-22-54(41)47(57)44-38-9-5-4-8-32(38)20-21-49-44/h4-8,11-14,17-24,29-30,32-33,35,48-51H,9-10,15-16,25-28,31,34H2,1-3H3,(H,58,59)(H,60,66);4-5,8-9,12-19,24-25,27-29,41-44,49H,6-7,10-11,20-23,26H2,1-3H3,(H,51,52)(H,53,58)/t48-,49-,50-,51+;41-,42-,43-,44+/m00/s1. The van der Waals surface area contributed by atoms with Crippen molar-refractivity contribution in [3.8, 4) is 44.8 Å². The van der Waals surface area contributed by atoms with Crippen molar-refractivity contribution >= 4 is 86.0 Å². The number of aromatic nitrogens is 4. The maximum Gasteiger partial charge on any atom is 0.411 e. The lowest BCUT2D eigenvalue weighted by molar-refractivity contribution is -0.137. The van der Waals surface area contributed by atoms with Gasteiger partial charge in [0.15, 0.2) is 0 Å². The van der Waals surface area contributed by atoms with Gasteiger partial charge in [0, 0.05) is 87.1 Å². The predicted molar refractivity (Wildman–Crippen MR) is 496 cm³/mol. The number of nitrogens with zero attached hydrogens (tertiary/aromatic N) is 9. The highest BCUT2D eigenvalue weighted by atomic mass is 16.6. The lowest BCUT2D eigenvalue weighted by atomic mass is 9.91. The van der Waals surface area contributed by atoms with Crippen LogP contribution in [-0.4, -0.2) is 175 Å². The summed E-state index contributed by atoms with van der Waals surface area (Å²) in [6.45, 7) is 11.6.